The minimum absolute atomic E-state index is 0.0180. The van der Waals surface area contributed by atoms with Gasteiger partial charge in [-0.3, -0.25) is 0 Å². The molecular weight excluding hydrogens is 360 g/mol. The molecule has 1 unspecified atom stereocenters. The summed E-state index contributed by atoms with van der Waals surface area (Å²) in [6.45, 7) is 0.538. The Kier molecular flexibility index (Phi) is 4.81. The first-order chi connectivity index (χ1) is 11.8. The molecule has 0 saturated carbocycles. The van der Waals surface area contributed by atoms with Gasteiger partial charge >= 0.3 is 0 Å². The number of benzene rings is 2. The highest BCUT2D eigenvalue weighted by Gasteiger charge is 2.35. The van der Waals surface area contributed by atoms with Crippen LogP contribution < -0.4 is 5.32 Å². The van der Waals surface area contributed by atoms with Crippen molar-refractivity contribution in [3.05, 3.63) is 65.2 Å². The average molecular weight is 374 g/mol. The lowest BCUT2D eigenvalue weighted by molar-refractivity contribution is 0.270. The molecule has 134 valence electrons. The molecular formula is C16H14F4N2O2S. The van der Waals surface area contributed by atoms with Gasteiger partial charge in [0, 0.05) is 19.6 Å². The van der Waals surface area contributed by atoms with E-state index in [0.29, 0.717) is 24.2 Å². The number of hydrogen-bond donors (Lipinski definition) is 1. The Labute approximate surface area is 142 Å². The van der Waals surface area contributed by atoms with Crippen molar-refractivity contribution in [3.8, 4) is 0 Å². The Bertz CT molecular complexity index is 882. The molecule has 9 heteroatoms. The van der Waals surface area contributed by atoms with E-state index in [4.69, 9.17) is 0 Å². The highest BCUT2D eigenvalue weighted by molar-refractivity contribution is 7.89. The minimum atomic E-state index is -4.31. The van der Waals surface area contributed by atoms with E-state index in [2.05, 4.69) is 5.32 Å². The molecule has 2 aromatic carbocycles. The van der Waals surface area contributed by atoms with E-state index in [1.54, 1.807) is 6.07 Å². The van der Waals surface area contributed by atoms with Crippen LogP contribution in [0.25, 0.3) is 0 Å². The second-order valence-corrected chi connectivity index (χ2v) is 7.48. The molecule has 2 aromatic rings. The molecule has 0 aromatic heterocycles. The molecule has 0 aliphatic carbocycles. The van der Waals surface area contributed by atoms with Gasteiger partial charge < -0.3 is 5.32 Å². The van der Waals surface area contributed by atoms with Crippen molar-refractivity contribution in [1.29, 1.82) is 0 Å². The van der Waals surface area contributed by atoms with Crippen LogP contribution in [-0.2, 0) is 10.0 Å². The second kappa shape index (κ2) is 6.74. The van der Waals surface area contributed by atoms with E-state index in [-0.39, 0.29) is 13.1 Å². The summed E-state index contributed by atoms with van der Waals surface area (Å²) in [6.07, 6.45) is 0. The summed E-state index contributed by atoms with van der Waals surface area (Å²) in [5.41, 5.74) is 0.402. The number of nitrogens with zero attached hydrogens (tertiary/aromatic N) is 1. The van der Waals surface area contributed by atoms with Crippen molar-refractivity contribution in [1.82, 2.24) is 9.62 Å². The summed E-state index contributed by atoms with van der Waals surface area (Å²) >= 11 is 0. The van der Waals surface area contributed by atoms with Gasteiger partial charge in [0.2, 0.25) is 10.0 Å². The Morgan fingerprint density at radius 1 is 1.04 bits per heavy atom. The minimum Gasteiger partial charge on any atom is -0.313 e. The zero-order valence-electron chi connectivity index (χ0n) is 12.8. The lowest BCUT2D eigenvalue weighted by Crippen LogP contribution is -2.48. The number of sulfonamides is 1. The lowest BCUT2D eigenvalue weighted by Gasteiger charge is -2.35. The SMILES string of the molecule is O=S(=O)(c1cc(F)c(F)c(F)c1)N1CCNCC1c1cccc(F)c1. The maximum absolute atomic E-state index is 13.5. The van der Waals surface area contributed by atoms with Crippen LogP contribution in [0, 0.1) is 23.3 Å². The van der Waals surface area contributed by atoms with Crippen molar-refractivity contribution in [2.75, 3.05) is 19.6 Å². The molecule has 1 aliphatic rings. The first kappa shape index (κ1) is 17.8. The Morgan fingerprint density at radius 2 is 1.72 bits per heavy atom. The maximum Gasteiger partial charge on any atom is 0.243 e. The standard InChI is InChI=1S/C16H14F4N2O2S/c17-11-3-1-2-10(6-11)15-9-21-4-5-22(15)25(23,24)12-7-13(18)16(20)14(19)8-12/h1-3,6-8,15,21H,4-5,9H2. The van der Waals surface area contributed by atoms with Gasteiger partial charge in [-0.15, -0.1) is 0 Å². The Hall–Kier alpha value is -1.97. The van der Waals surface area contributed by atoms with Crippen LogP contribution in [0.5, 0.6) is 0 Å². The van der Waals surface area contributed by atoms with Gasteiger partial charge in [0.1, 0.15) is 5.82 Å². The van der Waals surface area contributed by atoms with E-state index >= 15 is 0 Å². The van der Waals surface area contributed by atoms with Gasteiger partial charge in [-0.2, -0.15) is 4.31 Å². The third kappa shape index (κ3) is 3.39. The van der Waals surface area contributed by atoms with Crippen molar-refractivity contribution in [3.63, 3.8) is 0 Å². The maximum atomic E-state index is 13.5. The summed E-state index contributed by atoms with van der Waals surface area (Å²) in [5, 5.41) is 3.00. The fourth-order valence-electron chi connectivity index (χ4n) is 2.79. The number of piperazine rings is 1. The van der Waals surface area contributed by atoms with Crippen molar-refractivity contribution in [2.45, 2.75) is 10.9 Å². The van der Waals surface area contributed by atoms with Crippen LogP contribution in [0.4, 0.5) is 17.6 Å². The summed E-state index contributed by atoms with van der Waals surface area (Å²) in [7, 11) is -4.31. The van der Waals surface area contributed by atoms with Gasteiger partial charge in [-0.05, 0) is 29.8 Å². The summed E-state index contributed by atoms with van der Waals surface area (Å²) in [6, 6.07) is 5.56. The van der Waals surface area contributed by atoms with Crippen molar-refractivity contribution < 1.29 is 26.0 Å². The molecule has 1 fully saturated rings. The van der Waals surface area contributed by atoms with Crippen LogP contribution in [0.3, 0.4) is 0 Å². The number of hydrogen-bond acceptors (Lipinski definition) is 3. The monoisotopic (exact) mass is 374 g/mol. The van der Waals surface area contributed by atoms with Gasteiger partial charge in [0.05, 0.1) is 10.9 Å². The van der Waals surface area contributed by atoms with Gasteiger partial charge in [-0.25, -0.2) is 26.0 Å². The third-order valence-corrected chi connectivity index (χ3v) is 5.88. The number of halogens is 4. The molecule has 1 aliphatic heterocycles. The van der Waals surface area contributed by atoms with Gasteiger partial charge in [-0.1, -0.05) is 12.1 Å². The van der Waals surface area contributed by atoms with Crippen molar-refractivity contribution >= 4 is 10.0 Å². The van der Waals surface area contributed by atoms with Crippen molar-refractivity contribution in [2.24, 2.45) is 0 Å². The zero-order chi connectivity index (χ0) is 18.2. The highest BCUT2D eigenvalue weighted by atomic mass is 32.2. The van der Waals surface area contributed by atoms with Crippen LogP contribution in [0.15, 0.2) is 41.3 Å². The van der Waals surface area contributed by atoms with Crippen LogP contribution >= 0.6 is 0 Å². The largest absolute Gasteiger partial charge is 0.313 e. The normalized spacial score (nSPS) is 19.1. The van der Waals surface area contributed by atoms with E-state index in [1.807, 2.05) is 0 Å². The second-order valence-electron chi connectivity index (χ2n) is 5.59. The topological polar surface area (TPSA) is 49.4 Å². The predicted molar refractivity (Wildman–Crippen MR) is 82.2 cm³/mol. The van der Waals surface area contributed by atoms with Crippen LogP contribution in [0.1, 0.15) is 11.6 Å². The predicted octanol–water partition coefficient (Wildman–Crippen LogP) is 2.58. The average Bonchev–Trinajstić information content (AvgIpc) is 2.59. The molecule has 0 radical (unpaired) electrons. The number of nitrogens with one attached hydrogen (secondary N) is 1. The molecule has 1 atom stereocenters. The molecule has 0 bridgehead atoms. The summed E-state index contributed by atoms with van der Waals surface area (Å²) in [4.78, 5) is -0.688. The Morgan fingerprint density at radius 3 is 2.36 bits per heavy atom. The molecule has 4 nitrogen and oxygen atoms in total. The molecule has 1 saturated heterocycles. The van der Waals surface area contributed by atoms with E-state index in [0.717, 1.165) is 4.31 Å². The Balaban J connectivity index is 2.05. The van der Waals surface area contributed by atoms with E-state index in [9.17, 15) is 26.0 Å². The molecule has 3 rings (SSSR count). The molecule has 0 spiro atoms. The fraction of sp³-hybridized carbons (Fsp3) is 0.250. The smallest absolute Gasteiger partial charge is 0.243 e. The summed E-state index contributed by atoms with van der Waals surface area (Å²) in [5.74, 6) is -5.44. The quantitative estimate of drug-likeness (QED) is 0.664. The fourth-order valence-corrected chi connectivity index (χ4v) is 4.43. The third-order valence-electron chi connectivity index (χ3n) is 3.99. The van der Waals surface area contributed by atoms with E-state index < -0.39 is 44.2 Å². The molecule has 1 heterocycles. The lowest BCUT2D eigenvalue weighted by atomic mass is 10.1. The number of rotatable bonds is 3. The summed E-state index contributed by atoms with van der Waals surface area (Å²) < 4.78 is 80.2. The first-order valence-corrected chi connectivity index (χ1v) is 8.87. The van der Waals surface area contributed by atoms with Gasteiger partial charge in [0.15, 0.2) is 17.5 Å². The molecule has 1 N–H and O–H groups in total. The zero-order valence-corrected chi connectivity index (χ0v) is 13.7. The van der Waals surface area contributed by atoms with Gasteiger partial charge in [0.25, 0.3) is 0 Å². The molecule has 0 amide bonds. The van der Waals surface area contributed by atoms with E-state index in [1.165, 1.54) is 18.2 Å². The highest BCUT2D eigenvalue weighted by Crippen LogP contribution is 2.30. The first-order valence-electron chi connectivity index (χ1n) is 7.43. The van der Waals surface area contributed by atoms with Crippen LogP contribution in [-0.4, -0.2) is 32.4 Å². The van der Waals surface area contributed by atoms with Crippen LogP contribution in [0.2, 0.25) is 0 Å². The molecule has 25 heavy (non-hydrogen) atoms.